The van der Waals surface area contributed by atoms with Gasteiger partial charge in [-0.1, -0.05) is 6.42 Å². The summed E-state index contributed by atoms with van der Waals surface area (Å²) in [6, 6.07) is 4.60. The summed E-state index contributed by atoms with van der Waals surface area (Å²) in [5, 5.41) is 12.8. The lowest BCUT2D eigenvalue weighted by atomic mass is 10.0. The number of rotatable bonds is 4. The quantitative estimate of drug-likeness (QED) is 0.881. The maximum Gasteiger partial charge on any atom is 0.224 e. The fraction of sp³-hybridized carbons (Fsp3) is 0.650. The first kappa shape index (κ1) is 16.8. The lowest BCUT2D eigenvalue weighted by molar-refractivity contribution is -0.123. The molecule has 2 N–H and O–H groups in total. The molecule has 0 bridgehead atoms. The van der Waals surface area contributed by atoms with Crippen molar-refractivity contribution in [1.29, 1.82) is 0 Å². The Labute approximate surface area is 148 Å². The van der Waals surface area contributed by atoms with Crippen molar-refractivity contribution in [1.82, 2.24) is 5.32 Å². The Kier molecular flexibility index (Phi) is 4.44. The van der Waals surface area contributed by atoms with Gasteiger partial charge in [0.25, 0.3) is 0 Å². The fourth-order valence-electron chi connectivity index (χ4n) is 4.86. The molecule has 1 saturated heterocycles. The number of carbonyl (C=O) groups excluding carboxylic acids is 1. The monoisotopic (exact) mass is 346 g/mol. The second-order valence-corrected chi connectivity index (χ2v) is 7.94. The SMILES string of the molecule is C[C@H](NC(=O)C1[C@@H]2CCC[C@@H]12)c1cc(F)ccc1N1CCC(O)CC1. The van der Waals surface area contributed by atoms with E-state index in [2.05, 4.69) is 10.2 Å². The van der Waals surface area contributed by atoms with Crippen molar-refractivity contribution in [2.45, 2.75) is 51.2 Å². The minimum absolute atomic E-state index is 0.131. The lowest BCUT2D eigenvalue weighted by Gasteiger charge is -2.34. The number of aliphatic hydroxyl groups excluding tert-OH is 1. The van der Waals surface area contributed by atoms with Crippen LogP contribution in [0.15, 0.2) is 18.2 Å². The summed E-state index contributed by atoms with van der Waals surface area (Å²) >= 11 is 0. The Morgan fingerprint density at radius 3 is 2.60 bits per heavy atom. The molecule has 1 aromatic carbocycles. The minimum Gasteiger partial charge on any atom is -0.393 e. The van der Waals surface area contributed by atoms with Gasteiger partial charge in [0.15, 0.2) is 0 Å². The van der Waals surface area contributed by atoms with Crippen molar-refractivity contribution in [2.75, 3.05) is 18.0 Å². The molecular weight excluding hydrogens is 319 g/mol. The van der Waals surface area contributed by atoms with E-state index in [4.69, 9.17) is 0 Å². The number of hydrogen-bond donors (Lipinski definition) is 2. The third kappa shape index (κ3) is 3.26. The van der Waals surface area contributed by atoms with Crippen molar-refractivity contribution in [3.05, 3.63) is 29.6 Å². The van der Waals surface area contributed by atoms with E-state index in [1.54, 1.807) is 12.1 Å². The largest absolute Gasteiger partial charge is 0.393 e. The van der Waals surface area contributed by atoms with E-state index < -0.39 is 0 Å². The summed E-state index contributed by atoms with van der Waals surface area (Å²) in [5.74, 6) is 1.20. The highest BCUT2D eigenvalue weighted by molar-refractivity contribution is 5.83. The molecule has 2 saturated carbocycles. The lowest BCUT2D eigenvalue weighted by Crippen LogP contribution is -2.37. The Morgan fingerprint density at radius 2 is 1.92 bits per heavy atom. The highest BCUT2D eigenvalue weighted by atomic mass is 19.1. The zero-order valence-electron chi connectivity index (χ0n) is 14.7. The second kappa shape index (κ2) is 6.60. The standard InChI is InChI=1S/C20H27FN2O2/c1-12(22-20(25)19-15-3-2-4-16(15)19)17-11-13(21)5-6-18(17)23-9-7-14(24)8-10-23/h5-6,11-12,14-16,19,24H,2-4,7-10H2,1H3,(H,22,25)/t12-,15+,16+/m0/s1. The van der Waals surface area contributed by atoms with Crippen molar-refractivity contribution in [2.24, 2.45) is 17.8 Å². The third-order valence-electron chi connectivity index (χ3n) is 6.33. The van der Waals surface area contributed by atoms with E-state index in [9.17, 15) is 14.3 Å². The molecule has 4 rings (SSSR count). The molecular formula is C20H27FN2O2. The summed E-state index contributed by atoms with van der Waals surface area (Å²) in [4.78, 5) is 14.8. The molecule has 1 aromatic rings. The number of benzene rings is 1. The van der Waals surface area contributed by atoms with Crippen molar-refractivity contribution >= 4 is 11.6 Å². The van der Waals surface area contributed by atoms with Crippen LogP contribution in [-0.4, -0.2) is 30.2 Å². The highest BCUT2D eigenvalue weighted by Gasteiger charge is 2.56. The number of halogens is 1. The number of fused-ring (bicyclic) bond motifs is 1. The average molecular weight is 346 g/mol. The van der Waals surface area contributed by atoms with Crippen LogP contribution in [0.25, 0.3) is 0 Å². The predicted molar refractivity (Wildman–Crippen MR) is 94.7 cm³/mol. The summed E-state index contributed by atoms with van der Waals surface area (Å²) in [7, 11) is 0. The predicted octanol–water partition coefficient (Wildman–Crippen LogP) is 3.01. The van der Waals surface area contributed by atoms with Crippen LogP contribution in [0.4, 0.5) is 10.1 Å². The van der Waals surface area contributed by atoms with Crippen molar-refractivity contribution < 1.29 is 14.3 Å². The number of carbonyl (C=O) groups is 1. The number of amides is 1. The van der Waals surface area contributed by atoms with Gasteiger partial charge in [0.1, 0.15) is 5.82 Å². The smallest absolute Gasteiger partial charge is 0.224 e. The van der Waals surface area contributed by atoms with Crippen molar-refractivity contribution in [3.63, 3.8) is 0 Å². The van der Waals surface area contributed by atoms with Crippen molar-refractivity contribution in [3.8, 4) is 0 Å². The molecule has 3 atom stereocenters. The van der Waals surface area contributed by atoms with E-state index in [-0.39, 0.29) is 29.8 Å². The Morgan fingerprint density at radius 1 is 1.24 bits per heavy atom. The number of anilines is 1. The van der Waals surface area contributed by atoms with E-state index in [1.165, 1.54) is 25.3 Å². The van der Waals surface area contributed by atoms with Crippen LogP contribution in [0.1, 0.15) is 50.6 Å². The van der Waals surface area contributed by atoms with E-state index in [0.29, 0.717) is 11.8 Å². The van der Waals surface area contributed by atoms with E-state index in [0.717, 1.165) is 37.2 Å². The molecule has 0 radical (unpaired) electrons. The van der Waals surface area contributed by atoms with Gasteiger partial charge < -0.3 is 15.3 Å². The molecule has 3 aliphatic rings. The minimum atomic E-state index is -0.278. The van der Waals surface area contributed by atoms with Crippen LogP contribution in [0.2, 0.25) is 0 Å². The number of piperidine rings is 1. The molecule has 2 aliphatic carbocycles. The van der Waals surface area contributed by atoms with E-state index in [1.807, 2.05) is 6.92 Å². The third-order valence-corrected chi connectivity index (χ3v) is 6.33. The van der Waals surface area contributed by atoms with Crippen LogP contribution >= 0.6 is 0 Å². The van der Waals surface area contributed by atoms with Gasteiger partial charge in [-0.05, 0) is 62.6 Å². The Balaban J connectivity index is 1.48. The van der Waals surface area contributed by atoms with Gasteiger partial charge in [-0.15, -0.1) is 0 Å². The van der Waals surface area contributed by atoms with Crippen LogP contribution in [-0.2, 0) is 4.79 Å². The number of hydrogen-bond acceptors (Lipinski definition) is 3. The summed E-state index contributed by atoms with van der Waals surface area (Å²) < 4.78 is 13.9. The molecule has 136 valence electrons. The topological polar surface area (TPSA) is 52.6 Å². The molecule has 1 heterocycles. The van der Waals surface area contributed by atoms with Crippen LogP contribution in [0, 0.1) is 23.6 Å². The van der Waals surface area contributed by atoms with Gasteiger partial charge in [0, 0.05) is 30.3 Å². The molecule has 1 amide bonds. The average Bonchev–Trinajstić information content (AvgIpc) is 3.08. The number of nitrogens with zero attached hydrogens (tertiary/aromatic N) is 1. The first-order chi connectivity index (χ1) is 12.0. The summed E-state index contributed by atoms with van der Waals surface area (Å²) in [6.45, 7) is 3.45. The van der Waals surface area contributed by atoms with Gasteiger partial charge in [0.05, 0.1) is 12.1 Å². The molecule has 1 aliphatic heterocycles. The van der Waals surface area contributed by atoms with Gasteiger partial charge in [0.2, 0.25) is 5.91 Å². The molecule has 5 heteroatoms. The molecule has 0 aromatic heterocycles. The molecule has 3 fully saturated rings. The number of aliphatic hydroxyl groups is 1. The first-order valence-corrected chi connectivity index (χ1v) is 9.57. The van der Waals surface area contributed by atoms with Crippen LogP contribution < -0.4 is 10.2 Å². The van der Waals surface area contributed by atoms with Gasteiger partial charge in [-0.2, -0.15) is 0 Å². The Bertz CT molecular complexity index is 647. The normalized spacial score (nSPS) is 30.0. The zero-order valence-corrected chi connectivity index (χ0v) is 14.7. The Hall–Kier alpha value is -1.62. The van der Waals surface area contributed by atoms with E-state index >= 15 is 0 Å². The molecule has 0 spiro atoms. The van der Waals surface area contributed by atoms with Gasteiger partial charge in [-0.25, -0.2) is 4.39 Å². The number of nitrogens with one attached hydrogen (secondary N) is 1. The van der Waals surface area contributed by atoms with Gasteiger partial charge in [-0.3, -0.25) is 4.79 Å². The molecule has 4 nitrogen and oxygen atoms in total. The summed E-state index contributed by atoms with van der Waals surface area (Å²) in [6.07, 6.45) is 4.82. The molecule has 0 unspecified atom stereocenters. The first-order valence-electron chi connectivity index (χ1n) is 9.57. The maximum atomic E-state index is 13.9. The fourth-order valence-corrected chi connectivity index (χ4v) is 4.86. The highest BCUT2D eigenvalue weighted by Crippen LogP contribution is 2.57. The van der Waals surface area contributed by atoms with Crippen LogP contribution in [0.3, 0.4) is 0 Å². The van der Waals surface area contributed by atoms with Crippen LogP contribution in [0.5, 0.6) is 0 Å². The second-order valence-electron chi connectivity index (χ2n) is 7.94. The van der Waals surface area contributed by atoms with Gasteiger partial charge >= 0.3 is 0 Å². The summed E-state index contributed by atoms with van der Waals surface area (Å²) in [5.41, 5.74) is 1.80. The molecule has 25 heavy (non-hydrogen) atoms. The zero-order chi connectivity index (χ0) is 17.6. The maximum absolute atomic E-state index is 13.9.